The normalized spacial score (nSPS) is 15.5. The van der Waals surface area contributed by atoms with Crippen LogP contribution in [0.2, 0.25) is 0 Å². The SMILES string of the molecule is Cc1ccc(CNC(=O)CN2CCN(c3ccccc3O)CC2)s1. The Morgan fingerprint density at radius 2 is 1.92 bits per heavy atom. The Morgan fingerprint density at radius 3 is 2.58 bits per heavy atom. The van der Waals surface area contributed by atoms with Crippen molar-refractivity contribution >= 4 is 22.9 Å². The van der Waals surface area contributed by atoms with Crippen molar-refractivity contribution in [2.45, 2.75) is 13.5 Å². The van der Waals surface area contributed by atoms with Gasteiger partial charge in [-0.2, -0.15) is 0 Å². The fourth-order valence-corrected chi connectivity index (χ4v) is 3.73. The molecule has 0 spiro atoms. The lowest BCUT2D eigenvalue weighted by Crippen LogP contribution is -2.49. The van der Waals surface area contributed by atoms with E-state index < -0.39 is 0 Å². The molecule has 1 aromatic carbocycles. The molecule has 2 aromatic rings. The minimum Gasteiger partial charge on any atom is -0.506 e. The van der Waals surface area contributed by atoms with Crippen molar-refractivity contribution in [3.05, 3.63) is 46.2 Å². The lowest BCUT2D eigenvalue weighted by molar-refractivity contribution is -0.122. The van der Waals surface area contributed by atoms with Crippen LogP contribution in [0.15, 0.2) is 36.4 Å². The van der Waals surface area contributed by atoms with E-state index in [1.54, 1.807) is 17.4 Å². The number of benzene rings is 1. The second-order valence-corrected chi connectivity index (χ2v) is 7.41. The molecule has 0 unspecified atom stereocenters. The number of phenols is 1. The number of piperazine rings is 1. The van der Waals surface area contributed by atoms with Crippen molar-refractivity contribution in [3.63, 3.8) is 0 Å². The highest BCUT2D eigenvalue weighted by Gasteiger charge is 2.20. The van der Waals surface area contributed by atoms with E-state index in [1.807, 2.05) is 18.2 Å². The number of hydrogen-bond donors (Lipinski definition) is 2. The molecule has 0 aliphatic carbocycles. The number of aromatic hydroxyl groups is 1. The maximum Gasteiger partial charge on any atom is 0.234 e. The van der Waals surface area contributed by atoms with Gasteiger partial charge < -0.3 is 15.3 Å². The van der Waals surface area contributed by atoms with E-state index in [9.17, 15) is 9.90 Å². The summed E-state index contributed by atoms with van der Waals surface area (Å²) in [6.07, 6.45) is 0. The smallest absolute Gasteiger partial charge is 0.234 e. The van der Waals surface area contributed by atoms with Crippen LogP contribution in [0, 0.1) is 6.92 Å². The van der Waals surface area contributed by atoms with Gasteiger partial charge in [0, 0.05) is 35.9 Å². The van der Waals surface area contributed by atoms with E-state index in [2.05, 4.69) is 34.2 Å². The van der Waals surface area contributed by atoms with Gasteiger partial charge in [-0.3, -0.25) is 9.69 Å². The highest BCUT2D eigenvalue weighted by Crippen LogP contribution is 2.27. The molecule has 0 atom stereocenters. The Labute approximate surface area is 146 Å². The Morgan fingerprint density at radius 1 is 1.17 bits per heavy atom. The Bertz CT molecular complexity index is 693. The monoisotopic (exact) mass is 345 g/mol. The molecular weight excluding hydrogens is 322 g/mol. The molecule has 5 nitrogen and oxygen atoms in total. The number of anilines is 1. The molecule has 128 valence electrons. The fraction of sp³-hybridized carbons (Fsp3) is 0.389. The molecule has 1 aliphatic heterocycles. The van der Waals surface area contributed by atoms with E-state index in [0.29, 0.717) is 18.8 Å². The third-order valence-electron chi connectivity index (χ3n) is 4.22. The Hall–Kier alpha value is -2.05. The first-order valence-corrected chi connectivity index (χ1v) is 9.01. The number of nitrogens with zero attached hydrogens (tertiary/aromatic N) is 2. The number of hydrogen-bond acceptors (Lipinski definition) is 5. The Kier molecular flexibility index (Phi) is 5.37. The molecule has 0 saturated carbocycles. The number of phenolic OH excluding ortho intramolecular Hbond substituents is 1. The molecule has 24 heavy (non-hydrogen) atoms. The van der Waals surface area contributed by atoms with E-state index in [0.717, 1.165) is 31.9 Å². The number of carbonyl (C=O) groups is 1. The van der Waals surface area contributed by atoms with Crippen LogP contribution in [0.3, 0.4) is 0 Å². The van der Waals surface area contributed by atoms with Gasteiger partial charge in [0.25, 0.3) is 0 Å². The summed E-state index contributed by atoms with van der Waals surface area (Å²) in [6.45, 7) is 6.37. The average Bonchev–Trinajstić information content (AvgIpc) is 3.00. The molecule has 0 bridgehead atoms. The quantitative estimate of drug-likeness (QED) is 0.872. The van der Waals surface area contributed by atoms with Gasteiger partial charge in [0.2, 0.25) is 5.91 Å². The van der Waals surface area contributed by atoms with Crippen LogP contribution < -0.4 is 10.2 Å². The molecular formula is C18H23N3O2S. The predicted molar refractivity (Wildman–Crippen MR) is 97.7 cm³/mol. The zero-order chi connectivity index (χ0) is 16.9. The van der Waals surface area contributed by atoms with Gasteiger partial charge in [0.1, 0.15) is 5.75 Å². The van der Waals surface area contributed by atoms with E-state index in [-0.39, 0.29) is 5.91 Å². The maximum absolute atomic E-state index is 12.1. The van der Waals surface area contributed by atoms with Crippen molar-refractivity contribution in [1.29, 1.82) is 0 Å². The summed E-state index contributed by atoms with van der Waals surface area (Å²) in [6, 6.07) is 11.5. The molecule has 1 amide bonds. The standard InChI is InChI=1S/C18H23N3O2S/c1-14-6-7-15(24-14)12-19-18(23)13-20-8-10-21(11-9-20)16-4-2-3-5-17(16)22/h2-7,22H,8-13H2,1H3,(H,19,23). The van der Waals surface area contributed by atoms with Gasteiger partial charge in [-0.05, 0) is 31.2 Å². The lowest BCUT2D eigenvalue weighted by Gasteiger charge is -2.35. The van der Waals surface area contributed by atoms with Gasteiger partial charge in [-0.25, -0.2) is 0 Å². The molecule has 2 N–H and O–H groups in total. The van der Waals surface area contributed by atoms with Crippen LogP contribution in [0.4, 0.5) is 5.69 Å². The number of carbonyl (C=O) groups excluding carboxylic acids is 1. The summed E-state index contributed by atoms with van der Waals surface area (Å²) in [4.78, 5) is 18.9. The summed E-state index contributed by atoms with van der Waals surface area (Å²) in [7, 11) is 0. The van der Waals surface area contributed by atoms with Crippen LogP contribution in [-0.2, 0) is 11.3 Å². The average molecular weight is 345 g/mol. The van der Waals surface area contributed by atoms with Gasteiger partial charge in [-0.15, -0.1) is 11.3 Å². The van der Waals surface area contributed by atoms with Crippen molar-refractivity contribution in [1.82, 2.24) is 10.2 Å². The summed E-state index contributed by atoms with van der Waals surface area (Å²) >= 11 is 1.72. The number of aryl methyl sites for hydroxylation is 1. The first-order chi connectivity index (χ1) is 11.6. The van der Waals surface area contributed by atoms with Crippen LogP contribution in [0.1, 0.15) is 9.75 Å². The summed E-state index contributed by atoms with van der Waals surface area (Å²) < 4.78 is 0. The van der Waals surface area contributed by atoms with Crippen molar-refractivity contribution < 1.29 is 9.90 Å². The van der Waals surface area contributed by atoms with E-state index in [4.69, 9.17) is 0 Å². The van der Waals surface area contributed by atoms with Crippen molar-refractivity contribution in [2.75, 3.05) is 37.6 Å². The highest BCUT2D eigenvalue weighted by molar-refractivity contribution is 7.11. The molecule has 1 fully saturated rings. The zero-order valence-electron chi connectivity index (χ0n) is 13.9. The lowest BCUT2D eigenvalue weighted by atomic mass is 10.2. The van der Waals surface area contributed by atoms with Gasteiger partial charge in [0.05, 0.1) is 18.8 Å². The molecule has 0 radical (unpaired) electrons. The Balaban J connectivity index is 1.43. The molecule has 1 saturated heterocycles. The van der Waals surface area contributed by atoms with Crippen LogP contribution in [-0.4, -0.2) is 48.6 Å². The molecule has 2 heterocycles. The first kappa shape index (κ1) is 16.8. The maximum atomic E-state index is 12.1. The fourth-order valence-electron chi connectivity index (χ4n) is 2.90. The van der Waals surface area contributed by atoms with Gasteiger partial charge in [0.15, 0.2) is 0 Å². The molecule has 3 rings (SSSR count). The van der Waals surface area contributed by atoms with Crippen LogP contribution in [0.25, 0.3) is 0 Å². The minimum absolute atomic E-state index is 0.0667. The van der Waals surface area contributed by atoms with Crippen molar-refractivity contribution in [3.8, 4) is 5.75 Å². The zero-order valence-corrected chi connectivity index (χ0v) is 14.7. The van der Waals surface area contributed by atoms with E-state index >= 15 is 0 Å². The molecule has 1 aromatic heterocycles. The van der Waals surface area contributed by atoms with E-state index in [1.165, 1.54) is 9.75 Å². The molecule has 6 heteroatoms. The summed E-state index contributed by atoms with van der Waals surface area (Å²) in [5, 5.41) is 12.9. The number of amides is 1. The third-order valence-corrected chi connectivity index (χ3v) is 5.22. The molecule has 1 aliphatic rings. The second-order valence-electron chi connectivity index (χ2n) is 6.04. The number of para-hydroxylation sites is 2. The highest BCUT2D eigenvalue weighted by atomic mass is 32.1. The first-order valence-electron chi connectivity index (χ1n) is 8.19. The van der Waals surface area contributed by atoms with Crippen molar-refractivity contribution in [2.24, 2.45) is 0 Å². The van der Waals surface area contributed by atoms with Gasteiger partial charge in [-0.1, -0.05) is 12.1 Å². The minimum atomic E-state index is 0.0667. The van der Waals surface area contributed by atoms with Gasteiger partial charge >= 0.3 is 0 Å². The predicted octanol–water partition coefficient (Wildman–Crippen LogP) is 2.20. The van der Waals surface area contributed by atoms with Crippen LogP contribution >= 0.6 is 11.3 Å². The number of rotatable bonds is 5. The largest absolute Gasteiger partial charge is 0.506 e. The second kappa shape index (κ2) is 7.68. The van der Waals surface area contributed by atoms with Crippen LogP contribution in [0.5, 0.6) is 5.75 Å². The summed E-state index contributed by atoms with van der Waals surface area (Å²) in [5.41, 5.74) is 0.870. The number of nitrogens with one attached hydrogen (secondary N) is 1. The summed E-state index contributed by atoms with van der Waals surface area (Å²) in [5.74, 6) is 0.381. The number of thiophene rings is 1. The topological polar surface area (TPSA) is 55.8 Å². The third kappa shape index (κ3) is 4.27.